The van der Waals surface area contributed by atoms with Crippen LogP contribution in [-0.4, -0.2) is 19.2 Å². The van der Waals surface area contributed by atoms with Crippen LogP contribution in [0, 0.1) is 0 Å². The molecule has 1 aromatic rings. The fraction of sp³-hybridized carbons (Fsp3) is 0.533. The zero-order chi connectivity index (χ0) is 13.9. The largest absolute Gasteiger partial charge is 0.494 e. The number of benzene rings is 1. The molecular formula is C15H22O4. The first kappa shape index (κ1) is 15.5. The van der Waals surface area contributed by atoms with E-state index < -0.39 is 5.97 Å². The molecule has 0 aromatic heterocycles. The molecule has 106 valence electrons. The normalized spacial score (nSPS) is 10.2. The van der Waals surface area contributed by atoms with Gasteiger partial charge in [-0.25, -0.2) is 4.79 Å². The Labute approximate surface area is 114 Å². The van der Waals surface area contributed by atoms with E-state index in [2.05, 4.69) is 11.8 Å². The second-order valence-electron chi connectivity index (χ2n) is 4.27. The highest BCUT2D eigenvalue weighted by atomic mass is 17.2. The van der Waals surface area contributed by atoms with Crippen LogP contribution < -0.4 is 4.74 Å². The molecule has 0 saturated heterocycles. The minimum atomic E-state index is -0.476. The van der Waals surface area contributed by atoms with Crippen LogP contribution in [0.5, 0.6) is 5.75 Å². The van der Waals surface area contributed by atoms with Gasteiger partial charge in [-0.05, 0) is 37.1 Å². The lowest BCUT2D eigenvalue weighted by atomic mass is 10.2. The smallest absolute Gasteiger partial charge is 0.373 e. The number of unbranched alkanes of at least 4 members (excludes halogenated alkanes) is 2. The van der Waals surface area contributed by atoms with Crippen molar-refractivity contribution in [3.05, 3.63) is 29.8 Å². The third-order valence-electron chi connectivity index (χ3n) is 2.57. The van der Waals surface area contributed by atoms with Gasteiger partial charge in [0.15, 0.2) is 0 Å². The molecular weight excluding hydrogens is 244 g/mol. The first-order chi connectivity index (χ1) is 9.27. The molecule has 0 aliphatic carbocycles. The van der Waals surface area contributed by atoms with E-state index in [1.807, 2.05) is 6.92 Å². The summed E-state index contributed by atoms with van der Waals surface area (Å²) in [6.07, 6.45) is 3.99. The van der Waals surface area contributed by atoms with E-state index in [9.17, 15) is 4.79 Å². The number of hydrogen-bond acceptors (Lipinski definition) is 4. The van der Waals surface area contributed by atoms with Gasteiger partial charge in [0.1, 0.15) is 5.75 Å². The van der Waals surface area contributed by atoms with Gasteiger partial charge < -0.3 is 4.74 Å². The van der Waals surface area contributed by atoms with Crippen molar-refractivity contribution in [2.75, 3.05) is 13.2 Å². The molecule has 0 spiro atoms. The van der Waals surface area contributed by atoms with Crippen LogP contribution in [0.15, 0.2) is 24.3 Å². The number of carbonyl (C=O) groups excluding carboxylic acids is 1. The summed E-state index contributed by atoms with van der Waals surface area (Å²) >= 11 is 0. The Hall–Kier alpha value is -1.55. The monoisotopic (exact) mass is 266 g/mol. The summed E-state index contributed by atoms with van der Waals surface area (Å²) in [7, 11) is 0. The SMILES string of the molecule is CCCCOOC(=O)c1ccc(OCCCC)cc1. The van der Waals surface area contributed by atoms with Crippen molar-refractivity contribution in [3.8, 4) is 5.75 Å². The van der Waals surface area contributed by atoms with Crippen molar-refractivity contribution in [3.63, 3.8) is 0 Å². The summed E-state index contributed by atoms with van der Waals surface area (Å²) in [4.78, 5) is 21.1. The molecule has 0 atom stereocenters. The molecule has 0 N–H and O–H groups in total. The quantitative estimate of drug-likeness (QED) is 0.388. The highest BCUT2D eigenvalue weighted by Crippen LogP contribution is 2.13. The van der Waals surface area contributed by atoms with E-state index in [0.717, 1.165) is 31.4 Å². The van der Waals surface area contributed by atoms with Crippen molar-refractivity contribution in [1.29, 1.82) is 0 Å². The number of ether oxygens (including phenoxy) is 1. The van der Waals surface area contributed by atoms with E-state index >= 15 is 0 Å². The molecule has 0 saturated carbocycles. The van der Waals surface area contributed by atoms with Crippen molar-refractivity contribution >= 4 is 5.97 Å². The third kappa shape index (κ3) is 6.25. The average Bonchev–Trinajstić information content (AvgIpc) is 2.44. The topological polar surface area (TPSA) is 44.8 Å². The van der Waals surface area contributed by atoms with E-state index in [1.165, 1.54) is 0 Å². The Morgan fingerprint density at radius 1 is 1.00 bits per heavy atom. The first-order valence-electron chi connectivity index (χ1n) is 6.84. The van der Waals surface area contributed by atoms with E-state index in [-0.39, 0.29) is 0 Å². The molecule has 0 aliphatic rings. The molecule has 1 rings (SSSR count). The average molecular weight is 266 g/mol. The Morgan fingerprint density at radius 3 is 2.26 bits per heavy atom. The molecule has 4 heteroatoms. The van der Waals surface area contributed by atoms with Gasteiger partial charge in [0.2, 0.25) is 0 Å². The zero-order valence-electron chi connectivity index (χ0n) is 11.7. The van der Waals surface area contributed by atoms with Gasteiger partial charge in [-0.15, -0.1) is 0 Å². The number of carbonyl (C=O) groups is 1. The molecule has 0 unspecified atom stereocenters. The van der Waals surface area contributed by atoms with Gasteiger partial charge in [-0.3, -0.25) is 4.89 Å². The summed E-state index contributed by atoms with van der Waals surface area (Å²) in [5.74, 6) is 0.285. The second-order valence-corrected chi connectivity index (χ2v) is 4.27. The van der Waals surface area contributed by atoms with Gasteiger partial charge in [-0.2, -0.15) is 4.89 Å². The fourth-order valence-electron chi connectivity index (χ4n) is 1.37. The van der Waals surface area contributed by atoms with Crippen LogP contribution in [0.25, 0.3) is 0 Å². The van der Waals surface area contributed by atoms with Crippen molar-refractivity contribution in [2.45, 2.75) is 39.5 Å². The van der Waals surface area contributed by atoms with E-state index in [1.54, 1.807) is 24.3 Å². The van der Waals surface area contributed by atoms with Crippen LogP contribution in [0.3, 0.4) is 0 Å². The lowest BCUT2D eigenvalue weighted by Gasteiger charge is -2.06. The molecule has 0 amide bonds. The number of rotatable bonds is 9. The minimum absolute atomic E-state index is 0.431. The lowest BCUT2D eigenvalue weighted by molar-refractivity contribution is -0.241. The van der Waals surface area contributed by atoms with Gasteiger partial charge in [0.05, 0.1) is 18.8 Å². The maximum absolute atomic E-state index is 11.6. The standard InChI is InChI=1S/C15H22O4/c1-3-5-11-17-14-9-7-13(8-10-14)15(16)19-18-12-6-4-2/h7-10H,3-6,11-12H2,1-2H3. The van der Waals surface area contributed by atoms with Crippen LogP contribution in [0.1, 0.15) is 49.9 Å². The summed E-state index contributed by atoms with van der Waals surface area (Å²) in [5, 5.41) is 0. The molecule has 4 nitrogen and oxygen atoms in total. The lowest BCUT2D eigenvalue weighted by Crippen LogP contribution is -2.07. The van der Waals surface area contributed by atoms with Crippen LogP contribution in [-0.2, 0) is 9.78 Å². The zero-order valence-corrected chi connectivity index (χ0v) is 11.7. The van der Waals surface area contributed by atoms with Crippen LogP contribution in [0.4, 0.5) is 0 Å². The van der Waals surface area contributed by atoms with Crippen molar-refractivity contribution in [1.82, 2.24) is 0 Å². The maximum Gasteiger partial charge on any atom is 0.373 e. The third-order valence-corrected chi connectivity index (χ3v) is 2.57. The maximum atomic E-state index is 11.6. The fourth-order valence-corrected chi connectivity index (χ4v) is 1.37. The van der Waals surface area contributed by atoms with Gasteiger partial charge in [0.25, 0.3) is 0 Å². The Kier molecular flexibility index (Phi) is 7.66. The summed E-state index contributed by atoms with van der Waals surface area (Å²) in [6.45, 7) is 5.28. The Balaban J connectivity index is 2.35. The predicted molar refractivity (Wildman–Crippen MR) is 73.1 cm³/mol. The predicted octanol–water partition coefficient (Wildman–Crippen LogP) is 3.75. The highest BCUT2D eigenvalue weighted by Gasteiger charge is 2.08. The molecule has 0 aliphatic heterocycles. The van der Waals surface area contributed by atoms with Gasteiger partial charge >= 0.3 is 5.97 Å². The summed E-state index contributed by atoms with van der Waals surface area (Å²) < 4.78 is 5.51. The van der Waals surface area contributed by atoms with Gasteiger partial charge in [0, 0.05) is 0 Å². The molecule has 0 radical (unpaired) electrons. The molecule has 0 heterocycles. The highest BCUT2D eigenvalue weighted by molar-refractivity contribution is 5.89. The van der Waals surface area contributed by atoms with Gasteiger partial charge in [-0.1, -0.05) is 26.7 Å². The summed E-state index contributed by atoms with van der Waals surface area (Å²) in [6, 6.07) is 6.87. The van der Waals surface area contributed by atoms with E-state index in [0.29, 0.717) is 18.8 Å². The Bertz CT molecular complexity index is 359. The summed E-state index contributed by atoms with van der Waals surface area (Å²) in [5.41, 5.74) is 0.458. The van der Waals surface area contributed by atoms with Crippen molar-refractivity contribution in [2.24, 2.45) is 0 Å². The number of hydrogen-bond donors (Lipinski definition) is 0. The molecule has 19 heavy (non-hydrogen) atoms. The molecule has 0 bridgehead atoms. The van der Waals surface area contributed by atoms with E-state index in [4.69, 9.17) is 9.62 Å². The first-order valence-corrected chi connectivity index (χ1v) is 6.84. The minimum Gasteiger partial charge on any atom is -0.494 e. The second kappa shape index (κ2) is 9.39. The molecule has 1 aromatic carbocycles. The molecule has 0 fully saturated rings. The van der Waals surface area contributed by atoms with Crippen LogP contribution >= 0.6 is 0 Å². The Morgan fingerprint density at radius 2 is 1.63 bits per heavy atom. The van der Waals surface area contributed by atoms with Crippen molar-refractivity contribution < 1.29 is 19.3 Å². The van der Waals surface area contributed by atoms with Crippen LogP contribution in [0.2, 0.25) is 0 Å².